The van der Waals surface area contributed by atoms with Crippen LogP contribution in [-0.4, -0.2) is 36.1 Å². The molecule has 5 heteroatoms. The van der Waals surface area contributed by atoms with Crippen LogP contribution < -0.4 is 10.9 Å². The molecule has 0 saturated heterocycles. The number of nitrogens with zero attached hydrogens (tertiary/aromatic N) is 3. The SMILES string of the molecule is C=CCCCN(C)C(=NC)NCc1ccc(Cn2ccccc2=O)cc1. The van der Waals surface area contributed by atoms with Crippen LogP contribution in [0.25, 0.3) is 0 Å². The minimum absolute atomic E-state index is 0.0153. The van der Waals surface area contributed by atoms with Crippen molar-refractivity contribution >= 4 is 5.96 Å². The number of hydrogen-bond donors (Lipinski definition) is 1. The normalized spacial score (nSPS) is 11.2. The summed E-state index contributed by atoms with van der Waals surface area (Å²) < 4.78 is 1.70. The molecule has 5 nitrogen and oxygen atoms in total. The Balaban J connectivity index is 1.89. The fraction of sp³-hybridized carbons (Fsp3) is 0.333. The number of nitrogens with one attached hydrogen (secondary N) is 1. The van der Waals surface area contributed by atoms with Gasteiger partial charge in [-0.05, 0) is 30.0 Å². The van der Waals surface area contributed by atoms with Gasteiger partial charge in [-0.1, -0.05) is 36.4 Å². The third kappa shape index (κ3) is 5.92. The number of pyridine rings is 1. The van der Waals surface area contributed by atoms with Crippen LogP contribution in [0.4, 0.5) is 0 Å². The first-order valence-corrected chi connectivity index (χ1v) is 8.90. The van der Waals surface area contributed by atoms with Crippen LogP contribution in [-0.2, 0) is 13.1 Å². The molecular formula is C21H28N4O. The van der Waals surface area contributed by atoms with E-state index in [1.807, 2.05) is 25.4 Å². The van der Waals surface area contributed by atoms with E-state index in [2.05, 4.69) is 46.1 Å². The van der Waals surface area contributed by atoms with Gasteiger partial charge in [0.25, 0.3) is 5.56 Å². The van der Waals surface area contributed by atoms with Gasteiger partial charge in [-0.2, -0.15) is 0 Å². The highest BCUT2D eigenvalue weighted by Crippen LogP contribution is 2.06. The number of guanidine groups is 1. The van der Waals surface area contributed by atoms with Crippen molar-refractivity contribution in [3.05, 3.63) is 82.8 Å². The summed E-state index contributed by atoms with van der Waals surface area (Å²) in [7, 11) is 3.84. The minimum atomic E-state index is 0.0153. The van der Waals surface area contributed by atoms with Crippen molar-refractivity contribution in [2.24, 2.45) is 4.99 Å². The molecule has 0 atom stereocenters. The van der Waals surface area contributed by atoms with Crippen LogP contribution in [0.15, 0.2) is 71.1 Å². The predicted octanol–water partition coefficient (Wildman–Crippen LogP) is 2.87. The number of allylic oxidation sites excluding steroid dienone is 1. The van der Waals surface area contributed by atoms with Crippen molar-refractivity contribution < 1.29 is 0 Å². The molecule has 1 heterocycles. The molecule has 0 unspecified atom stereocenters. The van der Waals surface area contributed by atoms with Crippen molar-refractivity contribution in [1.82, 2.24) is 14.8 Å². The van der Waals surface area contributed by atoms with E-state index in [9.17, 15) is 4.79 Å². The molecule has 0 amide bonds. The smallest absolute Gasteiger partial charge is 0.250 e. The third-order valence-electron chi connectivity index (χ3n) is 4.20. The molecule has 138 valence electrons. The van der Waals surface area contributed by atoms with Crippen LogP contribution in [0.3, 0.4) is 0 Å². The van der Waals surface area contributed by atoms with Crippen molar-refractivity contribution in [3.8, 4) is 0 Å². The Bertz CT molecular complexity index is 777. The summed E-state index contributed by atoms with van der Waals surface area (Å²) in [6.45, 7) is 5.99. The van der Waals surface area contributed by atoms with E-state index in [1.165, 1.54) is 5.56 Å². The van der Waals surface area contributed by atoms with E-state index in [4.69, 9.17) is 0 Å². The number of aliphatic imine (C=N–C) groups is 1. The largest absolute Gasteiger partial charge is 0.352 e. The van der Waals surface area contributed by atoms with Gasteiger partial charge in [0.2, 0.25) is 0 Å². The molecule has 0 radical (unpaired) electrons. The molecule has 0 bridgehead atoms. The summed E-state index contributed by atoms with van der Waals surface area (Å²) in [4.78, 5) is 18.2. The van der Waals surface area contributed by atoms with E-state index in [-0.39, 0.29) is 5.56 Å². The molecule has 26 heavy (non-hydrogen) atoms. The second kappa shape index (κ2) is 10.2. The quantitative estimate of drug-likeness (QED) is 0.344. The van der Waals surface area contributed by atoms with Crippen molar-refractivity contribution in [2.75, 3.05) is 20.6 Å². The lowest BCUT2D eigenvalue weighted by Gasteiger charge is -2.22. The predicted molar refractivity (Wildman–Crippen MR) is 109 cm³/mol. The molecule has 2 aromatic rings. The lowest BCUT2D eigenvalue weighted by atomic mass is 10.1. The Kier molecular flexibility index (Phi) is 7.68. The van der Waals surface area contributed by atoms with Gasteiger partial charge in [0, 0.05) is 39.4 Å². The second-order valence-corrected chi connectivity index (χ2v) is 6.24. The average Bonchev–Trinajstić information content (AvgIpc) is 2.65. The monoisotopic (exact) mass is 352 g/mol. The van der Waals surface area contributed by atoms with Crippen LogP contribution >= 0.6 is 0 Å². The number of hydrogen-bond acceptors (Lipinski definition) is 2. The van der Waals surface area contributed by atoms with E-state index >= 15 is 0 Å². The lowest BCUT2D eigenvalue weighted by Crippen LogP contribution is -2.38. The Hall–Kier alpha value is -2.82. The molecule has 0 saturated carbocycles. The van der Waals surface area contributed by atoms with Gasteiger partial charge >= 0.3 is 0 Å². The number of benzene rings is 1. The number of rotatable bonds is 8. The Morgan fingerprint density at radius 1 is 1.23 bits per heavy atom. The summed E-state index contributed by atoms with van der Waals surface area (Å²) >= 11 is 0. The van der Waals surface area contributed by atoms with Crippen LogP contribution in [0, 0.1) is 0 Å². The van der Waals surface area contributed by atoms with Crippen molar-refractivity contribution in [1.29, 1.82) is 0 Å². The fourth-order valence-electron chi connectivity index (χ4n) is 2.70. The van der Waals surface area contributed by atoms with Crippen molar-refractivity contribution in [3.63, 3.8) is 0 Å². The average molecular weight is 352 g/mol. The molecule has 1 aromatic carbocycles. The maximum absolute atomic E-state index is 11.8. The first-order chi connectivity index (χ1) is 12.6. The summed E-state index contributed by atoms with van der Waals surface area (Å²) in [6.07, 6.45) is 5.82. The van der Waals surface area contributed by atoms with Gasteiger partial charge in [0.05, 0.1) is 6.54 Å². The van der Waals surface area contributed by atoms with E-state index in [0.29, 0.717) is 13.1 Å². The van der Waals surface area contributed by atoms with Crippen LogP contribution in [0.5, 0.6) is 0 Å². The van der Waals surface area contributed by atoms with Gasteiger partial charge < -0.3 is 14.8 Å². The highest BCUT2D eigenvalue weighted by molar-refractivity contribution is 5.79. The van der Waals surface area contributed by atoms with Gasteiger partial charge in [0.1, 0.15) is 0 Å². The van der Waals surface area contributed by atoms with Crippen molar-refractivity contribution in [2.45, 2.75) is 25.9 Å². The first kappa shape index (κ1) is 19.5. The Labute approximate surface area is 155 Å². The second-order valence-electron chi connectivity index (χ2n) is 6.24. The van der Waals surface area contributed by atoms with Gasteiger partial charge in [-0.3, -0.25) is 9.79 Å². The summed E-state index contributed by atoms with van der Waals surface area (Å²) in [5, 5.41) is 3.39. The number of aromatic nitrogens is 1. The summed E-state index contributed by atoms with van der Waals surface area (Å²) in [5.74, 6) is 0.883. The van der Waals surface area contributed by atoms with Crippen LogP contribution in [0.1, 0.15) is 24.0 Å². The van der Waals surface area contributed by atoms with E-state index < -0.39 is 0 Å². The van der Waals surface area contributed by atoms with E-state index in [0.717, 1.165) is 30.9 Å². The third-order valence-corrected chi connectivity index (χ3v) is 4.20. The molecule has 1 aromatic heterocycles. The topological polar surface area (TPSA) is 49.6 Å². The molecule has 0 aliphatic carbocycles. The van der Waals surface area contributed by atoms with Gasteiger partial charge in [-0.15, -0.1) is 6.58 Å². The highest BCUT2D eigenvalue weighted by Gasteiger charge is 2.05. The maximum Gasteiger partial charge on any atom is 0.250 e. The van der Waals surface area contributed by atoms with E-state index in [1.54, 1.807) is 23.7 Å². The highest BCUT2D eigenvalue weighted by atomic mass is 16.1. The molecule has 0 fully saturated rings. The Morgan fingerprint density at radius 2 is 1.96 bits per heavy atom. The number of unbranched alkanes of at least 4 members (excludes halogenated alkanes) is 1. The maximum atomic E-state index is 11.8. The zero-order valence-corrected chi connectivity index (χ0v) is 15.7. The lowest BCUT2D eigenvalue weighted by molar-refractivity contribution is 0.470. The molecule has 0 aliphatic heterocycles. The molecular weight excluding hydrogens is 324 g/mol. The minimum Gasteiger partial charge on any atom is -0.352 e. The zero-order chi connectivity index (χ0) is 18.8. The molecule has 1 N–H and O–H groups in total. The standard InChI is InChI=1S/C21H28N4O/c1-4-5-7-14-24(3)21(22-2)23-16-18-10-12-19(13-11-18)17-25-15-8-6-9-20(25)26/h4,6,8-13,15H,1,5,7,14,16-17H2,2-3H3,(H,22,23). The summed E-state index contributed by atoms with van der Waals surface area (Å²) in [6, 6.07) is 13.5. The zero-order valence-electron chi connectivity index (χ0n) is 15.7. The van der Waals surface area contributed by atoms with Crippen LogP contribution in [0.2, 0.25) is 0 Å². The Morgan fingerprint density at radius 3 is 2.62 bits per heavy atom. The van der Waals surface area contributed by atoms with Gasteiger partial charge in [-0.25, -0.2) is 0 Å². The summed E-state index contributed by atoms with van der Waals surface area (Å²) in [5.41, 5.74) is 2.30. The molecule has 0 spiro atoms. The van der Waals surface area contributed by atoms with Gasteiger partial charge in [0.15, 0.2) is 5.96 Å². The fourth-order valence-corrected chi connectivity index (χ4v) is 2.70. The molecule has 2 rings (SSSR count). The molecule has 0 aliphatic rings. The first-order valence-electron chi connectivity index (χ1n) is 8.90.